The predicted octanol–water partition coefficient (Wildman–Crippen LogP) is 0.497. The Balaban J connectivity index is 2.44. The van der Waals surface area contributed by atoms with Crippen molar-refractivity contribution in [1.82, 2.24) is 5.32 Å². The third kappa shape index (κ3) is 5.39. The second-order valence-electron chi connectivity index (χ2n) is 4.05. The first-order chi connectivity index (χ1) is 9.02. The molecule has 1 rings (SSSR count). The predicted molar refractivity (Wildman–Crippen MR) is 70.8 cm³/mol. The number of nitrogen functional groups attached to an aromatic ring is 1. The number of rotatable bonds is 6. The average Bonchev–Trinajstić information content (AvgIpc) is 2.35. The molecule has 6 heteroatoms. The summed E-state index contributed by atoms with van der Waals surface area (Å²) < 4.78 is 9.66. The molecule has 3 N–H and O–H groups in total. The molecule has 0 aromatic heterocycles. The van der Waals surface area contributed by atoms with Crippen molar-refractivity contribution in [1.29, 1.82) is 0 Å². The van der Waals surface area contributed by atoms with Gasteiger partial charge in [-0.05, 0) is 30.7 Å². The summed E-state index contributed by atoms with van der Waals surface area (Å²) in [7, 11) is 1.54. The van der Waals surface area contributed by atoms with Crippen molar-refractivity contribution in [2.24, 2.45) is 0 Å². The van der Waals surface area contributed by atoms with E-state index in [-0.39, 0.29) is 12.5 Å². The highest BCUT2D eigenvalue weighted by Crippen LogP contribution is 2.12. The van der Waals surface area contributed by atoms with Gasteiger partial charge in [0.15, 0.2) is 6.61 Å². The number of methoxy groups -OCH3 is 1. The zero-order valence-corrected chi connectivity index (χ0v) is 11.1. The SMILES string of the molecule is COCCNC(=O)COC(=O)c1cc(C)cc(N)c1. The van der Waals surface area contributed by atoms with Gasteiger partial charge >= 0.3 is 5.97 Å². The average molecular weight is 266 g/mol. The molecule has 0 saturated heterocycles. The number of nitrogens with two attached hydrogens (primary N) is 1. The molecule has 0 unspecified atom stereocenters. The number of esters is 1. The number of carbonyl (C=O) groups is 2. The molecule has 0 saturated carbocycles. The van der Waals surface area contributed by atoms with E-state index in [0.29, 0.717) is 24.4 Å². The van der Waals surface area contributed by atoms with E-state index in [2.05, 4.69) is 5.32 Å². The number of ether oxygens (including phenoxy) is 2. The Bertz CT molecular complexity index is 440. The fraction of sp³-hybridized carbons (Fsp3) is 0.385. The molecule has 19 heavy (non-hydrogen) atoms. The highest BCUT2D eigenvalue weighted by molar-refractivity contribution is 5.92. The number of hydrogen-bond acceptors (Lipinski definition) is 5. The molecule has 0 fully saturated rings. The fourth-order valence-corrected chi connectivity index (χ4v) is 1.49. The lowest BCUT2D eigenvalue weighted by Crippen LogP contribution is -2.31. The number of nitrogens with one attached hydrogen (secondary N) is 1. The van der Waals surface area contributed by atoms with Gasteiger partial charge in [-0.1, -0.05) is 0 Å². The summed E-state index contributed by atoms with van der Waals surface area (Å²) in [5, 5.41) is 2.55. The van der Waals surface area contributed by atoms with Crippen LogP contribution in [-0.2, 0) is 14.3 Å². The smallest absolute Gasteiger partial charge is 0.338 e. The van der Waals surface area contributed by atoms with Crippen molar-refractivity contribution in [3.05, 3.63) is 29.3 Å². The molecule has 6 nitrogen and oxygen atoms in total. The highest BCUT2D eigenvalue weighted by atomic mass is 16.5. The van der Waals surface area contributed by atoms with Crippen LogP contribution in [0.2, 0.25) is 0 Å². The van der Waals surface area contributed by atoms with Crippen molar-refractivity contribution in [2.45, 2.75) is 6.92 Å². The van der Waals surface area contributed by atoms with E-state index in [0.717, 1.165) is 5.56 Å². The highest BCUT2D eigenvalue weighted by Gasteiger charge is 2.10. The lowest BCUT2D eigenvalue weighted by Gasteiger charge is -2.07. The van der Waals surface area contributed by atoms with Gasteiger partial charge in [0.2, 0.25) is 0 Å². The quantitative estimate of drug-likeness (QED) is 0.444. The minimum atomic E-state index is -0.572. The number of hydrogen-bond donors (Lipinski definition) is 2. The molecule has 1 aromatic carbocycles. The van der Waals surface area contributed by atoms with E-state index in [4.69, 9.17) is 15.2 Å². The van der Waals surface area contributed by atoms with Crippen LogP contribution in [0, 0.1) is 6.92 Å². The summed E-state index contributed by atoms with van der Waals surface area (Å²) >= 11 is 0. The summed E-state index contributed by atoms with van der Waals surface area (Å²) in [5.41, 5.74) is 7.31. The Labute approximate surface area is 111 Å². The van der Waals surface area contributed by atoms with E-state index in [1.165, 1.54) is 13.2 Å². The molecule has 1 aromatic rings. The molecule has 1 amide bonds. The molecule has 0 bridgehead atoms. The maximum absolute atomic E-state index is 11.7. The molecule has 0 aliphatic carbocycles. The third-order valence-corrected chi connectivity index (χ3v) is 2.30. The first kappa shape index (κ1) is 15.0. The summed E-state index contributed by atoms with van der Waals surface area (Å²) in [5.74, 6) is -0.941. The van der Waals surface area contributed by atoms with Gasteiger partial charge in [0.1, 0.15) is 0 Å². The molecule has 0 spiro atoms. The van der Waals surface area contributed by atoms with Crippen LogP contribution in [0.25, 0.3) is 0 Å². The van der Waals surface area contributed by atoms with Crippen molar-refractivity contribution >= 4 is 17.6 Å². The molecule has 0 aliphatic rings. The van der Waals surface area contributed by atoms with E-state index < -0.39 is 5.97 Å². The van der Waals surface area contributed by atoms with Crippen LogP contribution in [0.1, 0.15) is 15.9 Å². The van der Waals surface area contributed by atoms with Crippen molar-refractivity contribution in [3.63, 3.8) is 0 Å². The third-order valence-electron chi connectivity index (χ3n) is 2.30. The monoisotopic (exact) mass is 266 g/mol. The van der Waals surface area contributed by atoms with Crippen molar-refractivity contribution in [3.8, 4) is 0 Å². The van der Waals surface area contributed by atoms with Crippen molar-refractivity contribution < 1.29 is 19.1 Å². The number of benzene rings is 1. The van der Waals surface area contributed by atoms with E-state index in [9.17, 15) is 9.59 Å². The molecule has 0 aliphatic heterocycles. The Hall–Kier alpha value is -2.08. The van der Waals surface area contributed by atoms with Crippen LogP contribution in [0.4, 0.5) is 5.69 Å². The zero-order chi connectivity index (χ0) is 14.3. The Kier molecular flexibility index (Phi) is 5.81. The molecular formula is C13H18N2O4. The maximum Gasteiger partial charge on any atom is 0.338 e. The van der Waals surface area contributed by atoms with Crippen LogP contribution in [0.15, 0.2) is 18.2 Å². The van der Waals surface area contributed by atoms with Gasteiger partial charge in [-0.3, -0.25) is 4.79 Å². The van der Waals surface area contributed by atoms with Crippen LogP contribution >= 0.6 is 0 Å². The van der Waals surface area contributed by atoms with E-state index in [1.807, 2.05) is 6.92 Å². The standard InChI is InChI=1S/C13H18N2O4/c1-9-5-10(7-11(14)6-9)13(17)19-8-12(16)15-3-4-18-2/h5-7H,3-4,8,14H2,1-2H3,(H,15,16). The van der Waals surface area contributed by atoms with E-state index in [1.54, 1.807) is 12.1 Å². The molecule has 104 valence electrons. The van der Waals surface area contributed by atoms with Gasteiger partial charge in [0, 0.05) is 19.3 Å². The van der Waals surface area contributed by atoms with Gasteiger partial charge in [-0.25, -0.2) is 4.79 Å². The number of carbonyl (C=O) groups excluding carboxylic acids is 2. The first-order valence-electron chi connectivity index (χ1n) is 5.83. The van der Waals surface area contributed by atoms with Gasteiger partial charge in [-0.15, -0.1) is 0 Å². The van der Waals surface area contributed by atoms with Gasteiger partial charge < -0.3 is 20.5 Å². The Morgan fingerprint density at radius 2 is 2.05 bits per heavy atom. The molecule has 0 atom stereocenters. The number of anilines is 1. The van der Waals surface area contributed by atoms with Crippen LogP contribution in [0.3, 0.4) is 0 Å². The minimum Gasteiger partial charge on any atom is -0.452 e. The Morgan fingerprint density at radius 3 is 2.68 bits per heavy atom. The van der Waals surface area contributed by atoms with Crippen LogP contribution in [0.5, 0.6) is 0 Å². The number of aryl methyl sites for hydroxylation is 1. The lowest BCUT2D eigenvalue weighted by molar-refractivity contribution is -0.124. The zero-order valence-electron chi connectivity index (χ0n) is 11.1. The first-order valence-corrected chi connectivity index (χ1v) is 5.83. The van der Waals surface area contributed by atoms with Gasteiger partial charge in [0.25, 0.3) is 5.91 Å². The number of amides is 1. The summed E-state index contributed by atoms with van der Waals surface area (Å²) in [6.45, 7) is 2.29. The fourth-order valence-electron chi connectivity index (χ4n) is 1.49. The summed E-state index contributed by atoms with van der Waals surface area (Å²) in [6.07, 6.45) is 0. The molecule has 0 heterocycles. The maximum atomic E-state index is 11.7. The van der Waals surface area contributed by atoms with Crippen LogP contribution in [-0.4, -0.2) is 38.7 Å². The lowest BCUT2D eigenvalue weighted by atomic mass is 10.1. The minimum absolute atomic E-state index is 0.323. The molecule has 0 radical (unpaired) electrons. The topological polar surface area (TPSA) is 90.6 Å². The summed E-state index contributed by atoms with van der Waals surface area (Å²) in [6, 6.07) is 4.91. The Morgan fingerprint density at radius 1 is 1.32 bits per heavy atom. The van der Waals surface area contributed by atoms with Crippen molar-refractivity contribution in [2.75, 3.05) is 32.6 Å². The van der Waals surface area contributed by atoms with Gasteiger partial charge in [-0.2, -0.15) is 0 Å². The normalized spacial score (nSPS) is 10.0. The summed E-state index contributed by atoms with van der Waals surface area (Å²) in [4.78, 5) is 23.0. The van der Waals surface area contributed by atoms with Gasteiger partial charge in [0.05, 0.1) is 12.2 Å². The second kappa shape index (κ2) is 7.38. The molecular weight excluding hydrogens is 248 g/mol. The largest absolute Gasteiger partial charge is 0.452 e. The second-order valence-corrected chi connectivity index (χ2v) is 4.05. The van der Waals surface area contributed by atoms with Crippen LogP contribution < -0.4 is 11.1 Å². The van der Waals surface area contributed by atoms with E-state index >= 15 is 0 Å².